The minimum Gasteiger partial charge on any atom is -0.507 e. The van der Waals surface area contributed by atoms with Crippen LogP contribution in [-0.2, 0) is 65.0 Å². The van der Waals surface area contributed by atoms with Crippen molar-refractivity contribution in [3.8, 4) is 51.7 Å². The number of aromatic hydroxyl groups is 6. The highest BCUT2D eigenvalue weighted by Gasteiger charge is 2.37. The molecule has 6 aromatic carbocycles. The van der Waals surface area contributed by atoms with E-state index in [2.05, 4.69) is 286 Å². The number of hydrogen-bond donors (Lipinski definition) is 6. The first kappa shape index (κ1) is 97.6. The lowest BCUT2D eigenvalue weighted by Crippen LogP contribution is -2.25. The predicted octanol–water partition coefficient (Wildman–Crippen LogP) is 30.5. The summed E-state index contributed by atoms with van der Waals surface area (Å²) in [6.07, 6.45) is 23.6. The quantitative estimate of drug-likeness (QED) is 0.0832. The van der Waals surface area contributed by atoms with Crippen LogP contribution >= 0.6 is 0 Å². The molecule has 12 rings (SSSR count). The van der Waals surface area contributed by atoms with Crippen LogP contribution in [-0.4, -0.2) is 49.0 Å². The Morgan fingerprint density at radius 3 is 0.453 bits per heavy atom. The molecule has 6 aliphatic carbocycles. The summed E-state index contributed by atoms with van der Waals surface area (Å²) in [5.74, 6) is 7.62. The Morgan fingerprint density at radius 1 is 0.179 bits per heavy atom. The lowest BCUT2D eigenvalue weighted by atomic mass is 9.73. The van der Waals surface area contributed by atoms with Crippen LogP contribution in [0, 0.1) is 0 Å². The molecule has 6 aromatic rings. The van der Waals surface area contributed by atoms with Gasteiger partial charge < -0.3 is 44.8 Å². The average Bonchev–Trinajstić information content (AvgIpc) is 1.74. The second-order valence-corrected chi connectivity index (χ2v) is 48.4. The van der Waals surface area contributed by atoms with E-state index in [0.29, 0.717) is 64.6 Å². The van der Waals surface area contributed by atoms with Crippen LogP contribution in [0.2, 0.25) is 0 Å². The van der Waals surface area contributed by atoms with Gasteiger partial charge in [0.05, 0.1) is 18.3 Å². The van der Waals surface area contributed by atoms with Crippen molar-refractivity contribution in [2.24, 2.45) is 0 Å². The first-order valence-electron chi connectivity index (χ1n) is 45.4. The molecule has 6 fully saturated rings. The molecular formula is C108H168O9. The molecule has 6 N–H and O–H groups in total. The van der Waals surface area contributed by atoms with Crippen molar-refractivity contribution in [2.45, 2.75) is 466 Å². The fourth-order valence-electron chi connectivity index (χ4n) is 16.2. The van der Waals surface area contributed by atoms with Gasteiger partial charge in [-0.05, 0) is 266 Å². The second kappa shape index (κ2) is 36.3. The van der Waals surface area contributed by atoms with E-state index in [1.54, 1.807) is 0 Å². The zero-order valence-corrected chi connectivity index (χ0v) is 81.0. The van der Waals surface area contributed by atoms with Gasteiger partial charge in [-0.15, -0.1) is 0 Å². The van der Waals surface area contributed by atoms with E-state index in [4.69, 9.17) is 14.2 Å². The van der Waals surface area contributed by atoms with Crippen molar-refractivity contribution >= 4 is 0 Å². The summed E-state index contributed by atoms with van der Waals surface area (Å²) in [7, 11) is 0. The maximum atomic E-state index is 10.7. The van der Waals surface area contributed by atoms with E-state index >= 15 is 0 Å². The SMILES string of the molecule is CC(C)(C)c1cc(C2CC2)cc(C(C)(C)C)c1O.CC(C)(C)c1cc(C2CCC2)cc(C(C)(C)C)c1O.CC(C)(C)c1cc(C2CCCC2)cc(C(C)(C)C)c1O.CC(C)(C)c1cc(OC2CC2)cc(C(C)(C)C)c1O.CC(C)(C)c1cc(OC2CCC2)cc(C(C)(C)C)c1O.CC(C)(C)c1cc(OC2CCCC2)cc(C(C)(C)C)c1O. The highest BCUT2D eigenvalue weighted by atomic mass is 16.5. The molecule has 0 amide bonds. The molecule has 0 aliphatic heterocycles. The smallest absolute Gasteiger partial charge is 0.123 e. The van der Waals surface area contributed by atoms with E-state index in [-0.39, 0.29) is 65.0 Å². The highest BCUT2D eigenvalue weighted by Crippen LogP contribution is 2.52. The maximum absolute atomic E-state index is 10.7. The van der Waals surface area contributed by atoms with Gasteiger partial charge in [0.1, 0.15) is 51.7 Å². The molecule has 0 saturated heterocycles. The fourth-order valence-corrected chi connectivity index (χ4v) is 16.2. The van der Waals surface area contributed by atoms with Crippen LogP contribution in [0.3, 0.4) is 0 Å². The van der Waals surface area contributed by atoms with E-state index in [1.807, 2.05) is 36.4 Å². The Hall–Kier alpha value is -6.48. The maximum Gasteiger partial charge on any atom is 0.123 e. The van der Waals surface area contributed by atoms with E-state index < -0.39 is 0 Å². The molecule has 654 valence electrons. The van der Waals surface area contributed by atoms with Gasteiger partial charge in [-0.3, -0.25) is 0 Å². The van der Waals surface area contributed by atoms with Gasteiger partial charge in [0, 0.05) is 33.4 Å². The number of benzene rings is 6. The fraction of sp³-hybridized carbons (Fsp3) is 0.667. The van der Waals surface area contributed by atoms with E-state index in [0.717, 1.165) is 128 Å². The zero-order valence-electron chi connectivity index (χ0n) is 81.0. The van der Waals surface area contributed by atoms with Gasteiger partial charge in [-0.2, -0.15) is 0 Å². The summed E-state index contributed by atoms with van der Waals surface area (Å²) >= 11 is 0. The number of phenolic OH excluding ortho intramolecular Hbond substituents is 6. The summed E-state index contributed by atoms with van der Waals surface area (Å²) < 4.78 is 18.2. The molecule has 9 heteroatoms. The monoisotopic (exact) mass is 1610 g/mol. The van der Waals surface area contributed by atoms with Crippen molar-refractivity contribution in [1.82, 2.24) is 0 Å². The minimum atomic E-state index is -0.0981. The van der Waals surface area contributed by atoms with Crippen molar-refractivity contribution in [3.05, 3.63) is 156 Å². The van der Waals surface area contributed by atoms with E-state index in [1.165, 1.54) is 93.7 Å². The van der Waals surface area contributed by atoms with Crippen LogP contribution in [0.1, 0.15) is 466 Å². The molecule has 0 spiro atoms. The highest BCUT2D eigenvalue weighted by molar-refractivity contribution is 5.57. The molecule has 0 atom stereocenters. The number of rotatable bonds is 9. The third-order valence-electron chi connectivity index (χ3n) is 24.6. The Bertz CT molecular complexity index is 4080. The normalized spacial score (nSPS) is 17.1. The molecule has 0 unspecified atom stereocenters. The molecule has 117 heavy (non-hydrogen) atoms. The summed E-state index contributed by atoms with van der Waals surface area (Å²) in [6.45, 7) is 77.5. The molecule has 0 heterocycles. The molecule has 6 aliphatic rings. The van der Waals surface area contributed by atoms with Gasteiger partial charge in [0.2, 0.25) is 0 Å². The number of hydrogen-bond acceptors (Lipinski definition) is 9. The van der Waals surface area contributed by atoms with Gasteiger partial charge in [-0.1, -0.05) is 305 Å². The average molecular weight is 1610 g/mol. The molecule has 9 nitrogen and oxygen atoms in total. The van der Waals surface area contributed by atoms with Crippen LogP contribution in [0.5, 0.6) is 51.7 Å². The predicted molar refractivity (Wildman–Crippen MR) is 498 cm³/mol. The summed E-state index contributed by atoms with van der Waals surface area (Å²) in [5, 5.41) is 63.9. The summed E-state index contributed by atoms with van der Waals surface area (Å²) in [4.78, 5) is 0. The summed E-state index contributed by atoms with van der Waals surface area (Å²) in [5.41, 5.74) is 16.1. The van der Waals surface area contributed by atoms with Gasteiger partial charge in [0.25, 0.3) is 0 Å². The number of ether oxygens (including phenoxy) is 3. The molecule has 6 saturated carbocycles. The van der Waals surface area contributed by atoms with Crippen molar-refractivity contribution in [1.29, 1.82) is 0 Å². The van der Waals surface area contributed by atoms with Gasteiger partial charge >= 0.3 is 0 Å². The van der Waals surface area contributed by atoms with Crippen LogP contribution in [0.25, 0.3) is 0 Å². The van der Waals surface area contributed by atoms with Gasteiger partial charge in [0.15, 0.2) is 0 Å². The van der Waals surface area contributed by atoms with Crippen molar-refractivity contribution in [3.63, 3.8) is 0 Å². The topological polar surface area (TPSA) is 149 Å². The Kier molecular flexibility index (Phi) is 30.3. The minimum absolute atomic E-state index is 0.00498. The van der Waals surface area contributed by atoms with E-state index in [9.17, 15) is 30.6 Å². The Labute approximate surface area is 714 Å². The second-order valence-electron chi connectivity index (χ2n) is 48.4. The lowest BCUT2D eigenvalue weighted by Gasteiger charge is -2.32. The van der Waals surface area contributed by atoms with Gasteiger partial charge in [-0.25, -0.2) is 0 Å². The third-order valence-corrected chi connectivity index (χ3v) is 24.6. The standard InChI is InChI=1S/C19H30O2.C19H30O.C18H28O2.C18H28O.C17H26O2.C17H26O/c1-18(2,3)15-11-14(21-13-9-7-8-10-13)12-16(17(15)20)19(4,5)6;1-18(2,3)15-11-14(13-9-7-8-10-13)12-16(17(15)20)19(4,5)6;1-17(2,3)14-10-13(20-12-8-7-9-12)11-15(16(14)19)18(4,5)6;1-17(2,3)14-10-13(12-8-7-9-12)11-15(16(14)19)18(4,5)6;1-16(2,3)13-9-12(19-11-7-8-11)10-14(15(13)18)17(4,5)6;1-16(2,3)13-9-12(11-7-8-11)10-14(15(13)18)17(4,5)6/h11-13,20H,7-10H2,1-6H3;11-13,20H,7-10H2,1-6H3;10-12,19H,7-9H2,1-6H3;10-12,19H,7-9H2,1-6H3;9-11,18H,7-8H2,1-6H3;9-11,18H,7-8H2,1-6H3. The van der Waals surface area contributed by atoms with Crippen molar-refractivity contribution in [2.75, 3.05) is 0 Å². The van der Waals surface area contributed by atoms with Crippen LogP contribution in [0.4, 0.5) is 0 Å². The lowest BCUT2D eigenvalue weighted by molar-refractivity contribution is 0.119. The van der Waals surface area contributed by atoms with Crippen LogP contribution < -0.4 is 14.2 Å². The zero-order chi connectivity index (χ0) is 88.7. The molecular weight excluding hydrogens is 1440 g/mol. The first-order valence-corrected chi connectivity index (χ1v) is 45.4. The summed E-state index contributed by atoms with van der Waals surface area (Å²) in [6, 6.07) is 25.6. The molecule has 0 radical (unpaired) electrons. The Balaban J connectivity index is 0.000000194. The number of phenols is 6. The largest absolute Gasteiger partial charge is 0.507 e. The molecule has 0 aromatic heterocycles. The Morgan fingerprint density at radius 2 is 0.316 bits per heavy atom. The molecule has 0 bridgehead atoms. The van der Waals surface area contributed by atoms with Crippen molar-refractivity contribution < 1.29 is 44.8 Å². The van der Waals surface area contributed by atoms with Crippen LogP contribution in [0.15, 0.2) is 72.8 Å². The third kappa shape index (κ3) is 26.8. The first-order chi connectivity index (χ1) is 53.1.